The Morgan fingerprint density at radius 1 is 1.08 bits per heavy atom. The van der Waals surface area contributed by atoms with Crippen molar-refractivity contribution in [3.05, 3.63) is 64.7 Å². The standard InChI is InChI=1S/C29H37F3N2O4S/c1-3-27-25-14-9-21(15-22(25)17-34(27)16-19-5-10-23(11-6-19)29(30,31)32)28(36)33-26(18-35)20-7-12-24(13-8-20)39(37,38)4-2/h7-9,12-15,19,23,26-27,35H,3-6,10-11,16-18H2,1-2H3,(H,33,36)/t19-,23-,26-,27+/m0/s1. The zero-order valence-corrected chi connectivity index (χ0v) is 23.2. The highest BCUT2D eigenvalue weighted by Gasteiger charge is 2.42. The van der Waals surface area contributed by atoms with E-state index in [9.17, 15) is 31.5 Å². The van der Waals surface area contributed by atoms with E-state index in [-0.39, 0.29) is 48.0 Å². The molecule has 0 unspecified atom stereocenters. The fourth-order valence-electron chi connectivity index (χ4n) is 5.96. The fourth-order valence-corrected chi connectivity index (χ4v) is 6.84. The second kappa shape index (κ2) is 12.0. The SMILES string of the molecule is CC[C@@H]1c2ccc(C(=O)N[C@@H](CO)c3ccc(S(=O)(=O)CC)cc3)cc2CN1C[C@H]1CC[C@H](C(F)(F)F)CC1. The van der Waals surface area contributed by atoms with Gasteiger partial charge < -0.3 is 10.4 Å². The number of aliphatic hydroxyl groups is 1. The molecule has 1 aliphatic carbocycles. The molecule has 6 nitrogen and oxygen atoms in total. The van der Waals surface area contributed by atoms with Crippen LogP contribution >= 0.6 is 0 Å². The lowest BCUT2D eigenvalue weighted by molar-refractivity contribution is -0.184. The number of alkyl halides is 3. The van der Waals surface area contributed by atoms with Gasteiger partial charge in [-0.05, 0) is 79.0 Å². The Labute approximate surface area is 228 Å². The van der Waals surface area contributed by atoms with E-state index in [0.717, 1.165) is 24.1 Å². The normalized spacial score (nSPS) is 22.9. The minimum absolute atomic E-state index is 0.0136. The number of aliphatic hydroxyl groups excluding tert-OH is 1. The molecule has 2 aromatic rings. The number of benzene rings is 2. The summed E-state index contributed by atoms with van der Waals surface area (Å²) in [6.45, 7) is 4.71. The van der Waals surface area contributed by atoms with Crippen molar-refractivity contribution in [2.45, 2.75) is 75.7 Å². The number of carbonyl (C=O) groups excluding carboxylic acids is 1. The van der Waals surface area contributed by atoms with Crippen molar-refractivity contribution < 1.29 is 31.5 Å². The molecule has 0 saturated heterocycles. The van der Waals surface area contributed by atoms with Crippen molar-refractivity contribution in [3.8, 4) is 0 Å². The quantitative estimate of drug-likeness (QED) is 0.414. The number of amides is 1. The molecule has 1 fully saturated rings. The Kier molecular flexibility index (Phi) is 9.08. The van der Waals surface area contributed by atoms with Crippen molar-refractivity contribution in [3.63, 3.8) is 0 Å². The minimum Gasteiger partial charge on any atom is -0.394 e. The van der Waals surface area contributed by atoms with Crippen molar-refractivity contribution in [1.29, 1.82) is 0 Å². The van der Waals surface area contributed by atoms with E-state index in [2.05, 4.69) is 17.1 Å². The summed E-state index contributed by atoms with van der Waals surface area (Å²) >= 11 is 0. The van der Waals surface area contributed by atoms with Gasteiger partial charge in [0.15, 0.2) is 9.84 Å². The molecule has 1 aliphatic heterocycles. The van der Waals surface area contributed by atoms with Crippen LogP contribution in [0, 0.1) is 11.8 Å². The van der Waals surface area contributed by atoms with Crippen molar-refractivity contribution in [2.24, 2.45) is 11.8 Å². The molecule has 1 heterocycles. The van der Waals surface area contributed by atoms with Gasteiger partial charge >= 0.3 is 6.18 Å². The van der Waals surface area contributed by atoms with Gasteiger partial charge in [0, 0.05) is 24.7 Å². The maximum atomic E-state index is 13.1. The van der Waals surface area contributed by atoms with Crippen molar-refractivity contribution >= 4 is 15.7 Å². The van der Waals surface area contributed by atoms with Gasteiger partial charge in [-0.2, -0.15) is 13.2 Å². The molecule has 214 valence electrons. The number of rotatable bonds is 9. The lowest BCUT2D eigenvalue weighted by Gasteiger charge is -2.34. The molecule has 0 bridgehead atoms. The second-order valence-corrected chi connectivity index (χ2v) is 13.0. The Morgan fingerprint density at radius 2 is 1.74 bits per heavy atom. The highest BCUT2D eigenvalue weighted by atomic mass is 32.2. The maximum absolute atomic E-state index is 13.1. The summed E-state index contributed by atoms with van der Waals surface area (Å²) in [5.41, 5.74) is 3.23. The predicted molar refractivity (Wildman–Crippen MR) is 143 cm³/mol. The van der Waals surface area contributed by atoms with Crippen LogP contribution in [0.1, 0.15) is 85.1 Å². The van der Waals surface area contributed by atoms with Crippen LogP contribution < -0.4 is 5.32 Å². The Balaban J connectivity index is 1.41. The van der Waals surface area contributed by atoms with Crippen molar-refractivity contribution in [2.75, 3.05) is 18.9 Å². The summed E-state index contributed by atoms with van der Waals surface area (Å²) < 4.78 is 63.3. The summed E-state index contributed by atoms with van der Waals surface area (Å²) in [6, 6.07) is 11.2. The molecule has 2 atom stereocenters. The molecule has 0 aromatic heterocycles. The molecule has 4 rings (SSSR count). The average molecular weight is 567 g/mol. The number of nitrogens with zero attached hydrogens (tertiary/aromatic N) is 1. The first-order valence-corrected chi connectivity index (χ1v) is 15.3. The fraction of sp³-hybridized carbons (Fsp3) is 0.552. The van der Waals surface area contributed by atoms with E-state index < -0.39 is 28.0 Å². The Hall–Kier alpha value is -2.43. The zero-order chi connectivity index (χ0) is 28.4. The molecular weight excluding hydrogens is 529 g/mol. The lowest BCUT2D eigenvalue weighted by atomic mass is 9.81. The largest absolute Gasteiger partial charge is 0.394 e. The molecule has 2 N–H and O–H groups in total. The first-order chi connectivity index (χ1) is 18.5. The van der Waals surface area contributed by atoms with Crippen LogP contribution in [-0.2, 0) is 16.4 Å². The van der Waals surface area contributed by atoms with Crippen LogP contribution in [-0.4, -0.2) is 49.4 Å². The molecule has 2 aromatic carbocycles. The van der Waals surface area contributed by atoms with Gasteiger partial charge in [0.05, 0.1) is 29.2 Å². The predicted octanol–water partition coefficient (Wildman–Crippen LogP) is 5.58. The highest BCUT2D eigenvalue weighted by Crippen LogP contribution is 2.42. The van der Waals surface area contributed by atoms with Crippen LogP contribution in [0.25, 0.3) is 0 Å². The molecule has 0 radical (unpaired) electrons. The molecule has 1 amide bonds. The van der Waals surface area contributed by atoms with Crippen LogP contribution in [0.15, 0.2) is 47.4 Å². The third-order valence-corrected chi connectivity index (χ3v) is 10.0. The Morgan fingerprint density at radius 3 is 2.31 bits per heavy atom. The molecule has 2 aliphatic rings. The number of sulfone groups is 1. The van der Waals surface area contributed by atoms with Gasteiger partial charge in [0.25, 0.3) is 5.91 Å². The lowest BCUT2D eigenvalue weighted by Crippen LogP contribution is -2.33. The molecule has 1 saturated carbocycles. The molecule has 10 heteroatoms. The van der Waals surface area contributed by atoms with E-state index >= 15 is 0 Å². The van der Waals surface area contributed by atoms with Crippen LogP contribution in [0.5, 0.6) is 0 Å². The van der Waals surface area contributed by atoms with E-state index in [0.29, 0.717) is 30.5 Å². The number of halogens is 3. The highest BCUT2D eigenvalue weighted by molar-refractivity contribution is 7.91. The zero-order valence-electron chi connectivity index (χ0n) is 22.4. The maximum Gasteiger partial charge on any atom is 0.391 e. The van der Waals surface area contributed by atoms with Crippen LogP contribution in [0.4, 0.5) is 13.2 Å². The molecule has 0 spiro atoms. The summed E-state index contributed by atoms with van der Waals surface area (Å²) in [5.74, 6) is -1.31. The van der Waals surface area contributed by atoms with E-state index in [1.165, 1.54) is 12.1 Å². The minimum atomic E-state index is -4.11. The average Bonchev–Trinajstić information content (AvgIpc) is 3.27. The van der Waals surface area contributed by atoms with Crippen LogP contribution in [0.2, 0.25) is 0 Å². The van der Waals surface area contributed by atoms with Gasteiger partial charge in [0.1, 0.15) is 0 Å². The van der Waals surface area contributed by atoms with Gasteiger partial charge in [0.2, 0.25) is 0 Å². The number of fused-ring (bicyclic) bond motifs is 1. The van der Waals surface area contributed by atoms with E-state index in [4.69, 9.17) is 0 Å². The van der Waals surface area contributed by atoms with Gasteiger partial charge in [-0.1, -0.05) is 32.0 Å². The van der Waals surface area contributed by atoms with Crippen LogP contribution in [0.3, 0.4) is 0 Å². The number of hydrogen-bond acceptors (Lipinski definition) is 5. The molecular formula is C29H37F3N2O4S. The number of carbonyl (C=O) groups is 1. The van der Waals surface area contributed by atoms with Gasteiger partial charge in [-0.25, -0.2) is 8.42 Å². The summed E-state index contributed by atoms with van der Waals surface area (Å²) in [7, 11) is -3.35. The van der Waals surface area contributed by atoms with Gasteiger partial charge in [-0.15, -0.1) is 0 Å². The second-order valence-electron chi connectivity index (χ2n) is 10.7. The third kappa shape index (κ3) is 6.66. The summed E-state index contributed by atoms with van der Waals surface area (Å²) in [5, 5.41) is 12.8. The smallest absolute Gasteiger partial charge is 0.391 e. The monoisotopic (exact) mass is 566 g/mol. The number of hydrogen-bond donors (Lipinski definition) is 2. The molecule has 39 heavy (non-hydrogen) atoms. The first kappa shape index (κ1) is 29.6. The first-order valence-electron chi connectivity index (χ1n) is 13.6. The van der Waals surface area contributed by atoms with E-state index in [1.54, 1.807) is 25.1 Å². The number of nitrogens with one attached hydrogen (secondary N) is 1. The Bertz CT molecular complexity index is 1260. The van der Waals surface area contributed by atoms with E-state index in [1.807, 2.05) is 12.1 Å². The van der Waals surface area contributed by atoms with Crippen molar-refractivity contribution in [1.82, 2.24) is 10.2 Å². The third-order valence-electron chi connectivity index (χ3n) is 8.28. The summed E-state index contributed by atoms with van der Waals surface area (Å²) in [6.07, 6.45) is -1.69. The topological polar surface area (TPSA) is 86.7 Å². The summed E-state index contributed by atoms with van der Waals surface area (Å²) in [4.78, 5) is 15.6. The van der Waals surface area contributed by atoms with Gasteiger partial charge in [-0.3, -0.25) is 9.69 Å².